The van der Waals surface area contributed by atoms with Gasteiger partial charge in [0.1, 0.15) is 38.6 Å². The molecule has 0 spiro atoms. The van der Waals surface area contributed by atoms with Crippen molar-refractivity contribution >= 4 is 78.4 Å². The SMILES string of the molecule is COC(=O)N[C@@H](C(=O)N1CCC[C@H]1c1ncc(-c2nc3cc4sc(-c5csc([C@@H]6CCCN6C(=O)[C@H](NC(=O)OC)C(C)C)n5)nc4cc3s2)[nH]1)C(C)C. The third kappa shape index (κ3) is 7.38. The molecule has 0 unspecified atom stereocenters. The van der Waals surface area contributed by atoms with Gasteiger partial charge in [0.15, 0.2) is 0 Å². The standard InChI is InChI=1S/C36H43N9O6S3/c1-17(2)27(42-35(48)50-5)33(46)44-11-7-9-23(44)29-37-15-21(38-29)30-39-19-13-26-20(14-25(19)53-30)40-31(54-26)22-16-52-32(41-22)24-10-8-12-45(24)34(47)28(18(3)4)43-36(49)51-6/h13-18,23-24,27-28H,7-12H2,1-6H3,(H,37,38)(H,42,48)(H,43,49)/t23-,24-,27+,28+/m0/s1. The minimum absolute atomic E-state index is 0.105. The minimum Gasteiger partial charge on any atom is -0.453 e. The van der Waals surface area contributed by atoms with Crippen molar-refractivity contribution in [1.82, 2.24) is 45.4 Å². The number of aromatic amines is 1. The van der Waals surface area contributed by atoms with Gasteiger partial charge in [0, 0.05) is 18.5 Å². The summed E-state index contributed by atoms with van der Waals surface area (Å²) >= 11 is 4.61. The van der Waals surface area contributed by atoms with Gasteiger partial charge in [-0.05, 0) is 49.7 Å². The van der Waals surface area contributed by atoms with Crippen molar-refractivity contribution < 1.29 is 28.7 Å². The summed E-state index contributed by atoms with van der Waals surface area (Å²) in [4.78, 5) is 77.6. The van der Waals surface area contributed by atoms with Crippen LogP contribution in [0.15, 0.2) is 23.7 Å². The first-order chi connectivity index (χ1) is 25.9. The molecule has 2 saturated heterocycles. The number of imidazole rings is 1. The Kier molecular flexibility index (Phi) is 10.9. The molecule has 4 aromatic heterocycles. The van der Waals surface area contributed by atoms with Gasteiger partial charge in [0.25, 0.3) is 0 Å². The number of carbonyl (C=O) groups excluding carboxylic acids is 4. The number of fused-ring (bicyclic) bond motifs is 2. The fourth-order valence-corrected chi connectivity index (χ4v) is 10.00. The summed E-state index contributed by atoms with van der Waals surface area (Å²) in [7, 11) is 2.57. The fraction of sp³-hybridized carbons (Fsp3) is 0.500. The molecular weight excluding hydrogens is 751 g/mol. The van der Waals surface area contributed by atoms with E-state index >= 15 is 0 Å². The van der Waals surface area contributed by atoms with Crippen LogP contribution >= 0.6 is 34.0 Å². The number of aromatic nitrogens is 5. The lowest BCUT2D eigenvalue weighted by Crippen LogP contribution is -2.51. The molecule has 15 nitrogen and oxygen atoms in total. The van der Waals surface area contributed by atoms with Crippen LogP contribution < -0.4 is 10.6 Å². The molecule has 2 aliphatic rings. The van der Waals surface area contributed by atoms with Crippen molar-refractivity contribution in [3.05, 3.63) is 34.5 Å². The molecule has 2 aliphatic heterocycles. The summed E-state index contributed by atoms with van der Waals surface area (Å²) in [6.45, 7) is 8.77. The van der Waals surface area contributed by atoms with Crippen LogP contribution in [0.1, 0.15) is 76.3 Å². The molecular formula is C36H43N9O6S3. The summed E-state index contributed by atoms with van der Waals surface area (Å²) in [6, 6.07) is 2.30. The zero-order valence-electron chi connectivity index (χ0n) is 30.9. The van der Waals surface area contributed by atoms with Crippen molar-refractivity contribution in [3.8, 4) is 21.4 Å². The summed E-state index contributed by atoms with van der Waals surface area (Å²) < 4.78 is 11.5. The number of benzene rings is 1. The number of nitrogens with zero attached hydrogens (tertiary/aromatic N) is 6. The van der Waals surface area contributed by atoms with Crippen molar-refractivity contribution in [2.24, 2.45) is 11.8 Å². The van der Waals surface area contributed by atoms with Crippen LogP contribution in [0.2, 0.25) is 0 Å². The lowest BCUT2D eigenvalue weighted by molar-refractivity contribution is -0.136. The number of thiazole rings is 3. The molecule has 6 heterocycles. The Balaban J connectivity index is 1.07. The largest absolute Gasteiger partial charge is 0.453 e. The third-order valence-electron chi connectivity index (χ3n) is 9.92. The van der Waals surface area contributed by atoms with E-state index < -0.39 is 24.3 Å². The number of ether oxygens (including phenoxy) is 2. The van der Waals surface area contributed by atoms with Gasteiger partial charge in [-0.2, -0.15) is 0 Å². The Morgan fingerprint density at radius 2 is 1.33 bits per heavy atom. The van der Waals surface area contributed by atoms with Gasteiger partial charge < -0.3 is 34.9 Å². The van der Waals surface area contributed by atoms with Gasteiger partial charge in [-0.15, -0.1) is 34.0 Å². The van der Waals surface area contributed by atoms with Gasteiger partial charge in [-0.3, -0.25) is 9.59 Å². The van der Waals surface area contributed by atoms with Crippen LogP contribution in [0.3, 0.4) is 0 Å². The van der Waals surface area contributed by atoms with Crippen LogP contribution in [0.25, 0.3) is 41.8 Å². The Hall–Kier alpha value is -4.68. The maximum Gasteiger partial charge on any atom is 0.407 e. The molecule has 54 heavy (non-hydrogen) atoms. The van der Waals surface area contributed by atoms with Gasteiger partial charge in [0.2, 0.25) is 11.8 Å². The number of amides is 4. The highest BCUT2D eigenvalue weighted by atomic mass is 32.1. The van der Waals surface area contributed by atoms with Crippen LogP contribution in [-0.2, 0) is 19.1 Å². The Morgan fingerprint density at radius 1 is 0.796 bits per heavy atom. The van der Waals surface area contributed by atoms with E-state index in [9.17, 15) is 19.2 Å². The average Bonchev–Trinajstić information content (AvgIpc) is 4.00. The van der Waals surface area contributed by atoms with Crippen LogP contribution in [-0.4, -0.2) is 98.1 Å². The topological polar surface area (TPSA) is 185 Å². The Labute approximate surface area is 323 Å². The number of carbonyl (C=O) groups is 4. The predicted octanol–water partition coefficient (Wildman–Crippen LogP) is 6.51. The van der Waals surface area contributed by atoms with Crippen molar-refractivity contribution in [1.29, 1.82) is 0 Å². The van der Waals surface area contributed by atoms with E-state index in [2.05, 4.69) is 20.6 Å². The van der Waals surface area contributed by atoms with Crippen LogP contribution in [0.4, 0.5) is 9.59 Å². The number of rotatable bonds is 10. The first-order valence-electron chi connectivity index (χ1n) is 18.0. The maximum absolute atomic E-state index is 13.6. The zero-order valence-corrected chi connectivity index (χ0v) is 33.3. The molecule has 7 rings (SSSR count). The van der Waals surface area contributed by atoms with Gasteiger partial charge in [-0.25, -0.2) is 29.5 Å². The summed E-state index contributed by atoms with van der Waals surface area (Å²) in [6.07, 6.45) is 3.75. The van der Waals surface area contributed by atoms with Crippen LogP contribution in [0, 0.1) is 11.8 Å². The van der Waals surface area contributed by atoms with E-state index in [0.717, 1.165) is 72.5 Å². The monoisotopic (exact) mass is 793 g/mol. The highest BCUT2D eigenvalue weighted by Crippen LogP contribution is 2.40. The first kappa shape index (κ1) is 37.6. The van der Waals surface area contributed by atoms with E-state index in [1.807, 2.05) is 50.1 Å². The van der Waals surface area contributed by atoms with E-state index in [1.165, 1.54) is 36.9 Å². The van der Waals surface area contributed by atoms with Crippen molar-refractivity contribution in [2.75, 3.05) is 27.3 Å². The smallest absolute Gasteiger partial charge is 0.407 e. The van der Waals surface area contributed by atoms with Crippen LogP contribution in [0.5, 0.6) is 0 Å². The van der Waals surface area contributed by atoms with E-state index in [0.29, 0.717) is 18.9 Å². The molecule has 4 amide bonds. The second-order valence-corrected chi connectivity index (χ2v) is 17.1. The minimum atomic E-state index is -0.702. The molecule has 4 atom stereocenters. The number of nitrogens with one attached hydrogen (secondary N) is 3. The number of hydrogen-bond donors (Lipinski definition) is 3. The molecule has 3 N–H and O–H groups in total. The van der Waals surface area contributed by atoms with Crippen molar-refractivity contribution in [2.45, 2.75) is 77.5 Å². The molecule has 0 saturated carbocycles. The number of hydrogen-bond acceptors (Lipinski definition) is 13. The molecule has 5 aromatic rings. The molecule has 1 aromatic carbocycles. The lowest BCUT2D eigenvalue weighted by atomic mass is 10.0. The predicted molar refractivity (Wildman–Crippen MR) is 207 cm³/mol. The molecule has 18 heteroatoms. The molecule has 286 valence electrons. The maximum atomic E-state index is 13.6. The van der Waals surface area contributed by atoms with Gasteiger partial charge in [0.05, 0.1) is 58.6 Å². The number of alkyl carbamates (subject to hydrolysis) is 2. The number of likely N-dealkylation sites (tertiary alicyclic amines) is 2. The van der Waals surface area contributed by atoms with Gasteiger partial charge >= 0.3 is 12.2 Å². The Bertz CT molecular complexity index is 1990. The Morgan fingerprint density at radius 3 is 1.91 bits per heavy atom. The third-order valence-corrected chi connectivity index (χ3v) is 13.0. The van der Waals surface area contributed by atoms with E-state index in [-0.39, 0.29) is 35.7 Å². The summed E-state index contributed by atoms with van der Waals surface area (Å²) in [5, 5.41) is 9.81. The number of H-pyrrole nitrogens is 1. The lowest BCUT2D eigenvalue weighted by Gasteiger charge is -2.29. The summed E-state index contributed by atoms with van der Waals surface area (Å²) in [5.74, 6) is 0.180. The average molecular weight is 794 g/mol. The molecule has 0 aliphatic carbocycles. The highest BCUT2D eigenvalue weighted by Gasteiger charge is 2.39. The van der Waals surface area contributed by atoms with Gasteiger partial charge in [-0.1, -0.05) is 27.7 Å². The van der Waals surface area contributed by atoms with E-state index in [4.69, 9.17) is 24.4 Å². The molecule has 2 fully saturated rings. The number of methoxy groups -OCH3 is 2. The van der Waals surface area contributed by atoms with Crippen molar-refractivity contribution in [3.63, 3.8) is 0 Å². The molecule has 0 bridgehead atoms. The highest BCUT2D eigenvalue weighted by molar-refractivity contribution is 7.23. The second kappa shape index (κ2) is 15.6. The normalized spacial score (nSPS) is 18.5. The summed E-state index contributed by atoms with van der Waals surface area (Å²) in [5.41, 5.74) is 3.24. The second-order valence-electron chi connectivity index (χ2n) is 14.2. The zero-order chi connectivity index (χ0) is 38.3. The molecule has 0 radical (unpaired) electrons. The van der Waals surface area contributed by atoms with E-state index in [1.54, 1.807) is 22.4 Å². The fourth-order valence-electron chi connectivity index (χ4n) is 7.09. The first-order valence-corrected chi connectivity index (χ1v) is 20.5. The quantitative estimate of drug-likeness (QED) is 0.141.